The van der Waals surface area contributed by atoms with Gasteiger partial charge in [-0.3, -0.25) is 4.79 Å². The molecule has 0 aromatic heterocycles. The van der Waals surface area contributed by atoms with E-state index in [0.717, 1.165) is 26.1 Å². The highest BCUT2D eigenvalue weighted by molar-refractivity contribution is 5.85. The van der Waals surface area contributed by atoms with Crippen LogP contribution in [-0.2, 0) is 4.79 Å². The van der Waals surface area contributed by atoms with Crippen molar-refractivity contribution in [2.75, 3.05) is 26.7 Å². The summed E-state index contributed by atoms with van der Waals surface area (Å²) in [6, 6.07) is 0. The maximum atomic E-state index is 12.1. The lowest BCUT2D eigenvalue weighted by atomic mass is 9.90. The maximum absolute atomic E-state index is 12.1. The molecule has 1 atom stereocenters. The molecule has 1 heterocycles. The first-order valence-electron chi connectivity index (χ1n) is 6.35. The summed E-state index contributed by atoms with van der Waals surface area (Å²) >= 11 is 0. The van der Waals surface area contributed by atoms with Gasteiger partial charge in [0.1, 0.15) is 0 Å². The van der Waals surface area contributed by atoms with Crippen LogP contribution in [0.25, 0.3) is 0 Å². The van der Waals surface area contributed by atoms with Gasteiger partial charge in [-0.15, -0.1) is 12.4 Å². The van der Waals surface area contributed by atoms with Crippen molar-refractivity contribution in [1.82, 2.24) is 10.2 Å². The zero-order valence-corrected chi connectivity index (χ0v) is 12.4. The molecule has 0 saturated carbocycles. The Hall–Kier alpha value is -0.280. The smallest absolute Gasteiger partial charge is 0.223 e. The van der Waals surface area contributed by atoms with Crippen LogP contribution in [0, 0.1) is 11.3 Å². The van der Waals surface area contributed by atoms with Crippen molar-refractivity contribution in [3.63, 3.8) is 0 Å². The number of hydrogen-bond acceptors (Lipinski definition) is 2. The third-order valence-corrected chi connectivity index (χ3v) is 3.05. The molecule has 1 N–H and O–H groups in total. The molecule has 0 aromatic carbocycles. The molecule has 1 rings (SSSR count). The van der Waals surface area contributed by atoms with Crippen molar-refractivity contribution in [3.8, 4) is 0 Å². The predicted molar refractivity (Wildman–Crippen MR) is 74.6 cm³/mol. The standard InChI is InChI=1S/C13H26N2O.ClH/c1-13(2,3)8-12(16)15-7-5-6-11(10-15)9-14-4;/h11,14H,5-10H2,1-4H3;1H. The van der Waals surface area contributed by atoms with E-state index in [9.17, 15) is 4.79 Å². The Bertz CT molecular complexity index is 236. The van der Waals surface area contributed by atoms with E-state index < -0.39 is 0 Å². The van der Waals surface area contributed by atoms with E-state index in [0.29, 0.717) is 18.2 Å². The lowest BCUT2D eigenvalue weighted by Gasteiger charge is -2.34. The largest absolute Gasteiger partial charge is 0.342 e. The molecule has 1 fully saturated rings. The lowest BCUT2D eigenvalue weighted by molar-refractivity contribution is -0.134. The zero-order valence-electron chi connectivity index (χ0n) is 11.6. The topological polar surface area (TPSA) is 32.3 Å². The van der Waals surface area contributed by atoms with E-state index in [1.807, 2.05) is 7.05 Å². The minimum atomic E-state index is 0. The van der Waals surface area contributed by atoms with E-state index in [-0.39, 0.29) is 17.8 Å². The Morgan fingerprint density at radius 1 is 1.41 bits per heavy atom. The van der Waals surface area contributed by atoms with Gasteiger partial charge in [-0.2, -0.15) is 0 Å². The molecular weight excluding hydrogens is 236 g/mol. The van der Waals surface area contributed by atoms with Crippen LogP contribution in [0.2, 0.25) is 0 Å². The maximum Gasteiger partial charge on any atom is 0.223 e. The van der Waals surface area contributed by atoms with E-state index in [1.54, 1.807) is 0 Å². The summed E-state index contributed by atoms with van der Waals surface area (Å²) in [5.41, 5.74) is 0.104. The van der Waals surface area contributed by atoms with Crippen molar-refractivity contribution >= 4 is 18.3 Å². The second-order valence-corrected chi connectivity index (χ2v) is 6.14. The first-order chi connectivity index (χ1) is 7.42. The van der Waals surface area contributed by atoms with Crippen LogP contribution in [0.5, 0.6) is 0 Å². The third-order valence-electron chi connectivity index (χ3n) is 3.05. The SMILES string of the molecule is CNCC1CCCN(C(=O)CC(C)(C)C)C1.Cl. The second kappa shape index (κ2) is 7.22. The number of rotatable bonds is 3. The van der Waals surface area contributed by atoms with Gasteiger partial charge in [0.2, 0.25) is 5.91 Å². The van der Waals surface area contributed by atoms with Gasteiger partial charge < -0.3 is 10.2 Å². The number of carbonyl (C=O) groups is 1. The second-order valence-electron chi connectivity index (χ2n) is 6.14. The van der Waals surface area contributed by atoms with Gasteiger partial charge in [0, 0.05) is 19.5 Å². The Morgan fingerprint density at radius 2 is 2.06 bits per heavy atom. The van der Waals surface area contributed by atoms with Crippen LogP contribution in [0.1, 0.15) is 40.0 Å². The Morgan fingerprint density at radius 3 is 2.59 bits per heavy atom. The van der Waals surface area contributed by atoms with E-state index >= 15 is 0 Å². The monoisotopic (exact) mass is 262 g/mol. The molecule has 1 aliphatic rings. The van der Waals surface area contributed by atoms with Crippen LogP contribution in [0.15, 0.2) is 0 Å². The van der Waals surface area contributed by atoms with Crippen LogP contribution >= 0.6 is 12.4 Å². The summed E-state index contributed by atoms with van der Waals surface area (Å²) in [5, 5.41) is 3.21. The first kappa shape index (κ1) is 16.7. The minimum absolute atomic E-state index is 0. The molecule has 0 radical (unpaired) electrons. The Balaban J connectivity index is 0.00000256. The molecule has 17 heavy (non-hydrogen) atoms. The lowest BCUT2D eigenvalue weighted by Crippen LogP contribution is -2.43. The summed E-state index contributed by atoms with van der Waals surface area (Å²) in [7, 11) is 1.98. The van der Waals surface area contributed by atoms with Gasteiger partial charge in [-0.1, -0.05) is 20.8 Å². The van der Waals surface area contributed by atoms with Crippen molar-refractivity contribution < 1.29 is 4.79 Å². The number of likely N-dealkylation sites (tertiary alicyclic amines) is 1. The van der Waals surface area contributed by atoms with Crippen molar-refractivity contribution in [2.24, 2.45) is 11.3 Å². The average molecular weight is 263 g/mol. The number of nitrogens with one attached hydrogen (secondary N) is 1. The van der Waals surface area contributed by atoms with Crippen LogP contribution in [0.4, 0.5) is 0 Å². The van der Waals surface area contributed by atoms with Crippen LogP contribution < -0.4 is 5.32 Å². The summed E-state index contributed by atoms with van der Waals surface area (Å²) in [4.78, 5) is 14.1. The molecule has 0 spiro atoms. The van der Waals surface area contributed by atoms with Crippen LogP contribution in [-0.4, -0.2) is 37.5 Å². The zero-order chi connectivity index (χ0) is 12.2. The highest BCUT2D eigenvalue weighted by Gasteiger charge is 2.25. The highest BCUT2D eigenvalue weighted by atomic mass is 35.5. The molecule has 0 aromatic rings. The molecule has 1 aliphatic heterocycles. The Labute approximate surface area is 112 Å². The number of piperidine rings is 1. The normalized spacial score (nSPS) is 20.9. The van der Waals surface area contributed by atoms with Gasteiger partial charge >= 0.3 is 0 Å². The molecule has 0 aliphatic carbocycles. The number of halogens is 1. The molecule has 1 amide bonds. The van der Waals surface area contributed by atoms with Crippen molar-refractivity contribution in [1.29, 1.82) is 0 Å². The minimum Gasteiger partial charge on any atom is -0.342 e. The van der Waals surface area contributed by atoms with Gasteiger partial charge in [0.15, 0.2) is 0 Å². The number of hydrogen-bond donors (Lipinski definition) is 1. The molecule has 1 saturated heterocycles. The van der Waals surface area contributed by atoms with Gasteiger partial charge in [-0.05, 0) is 37.8 Å². The number of carbonyl (C=O) groups excluding carboxylic acids is 1. The summed E-state index contributed by atoms with van der Waals surface area (Å²) in [6.07, 6.45) is 3.07. The molecule has 102 valence electrons. The fourth-order valence-electron chi connectivity index (χ4n) is 2.31. The first-order valence-corrected chi connectivity index (χ1v) is 6.35. The number of nitrogens with zero attached hydrogens (tertiary/aromatic N) is 1. The Kier molecular flexibility index (Phi) is 7.10. The molecule has 4 heteroatoms. The van der Waals surface area contributed by atoms with E-state index in [1.165, 1.54) is 6.42 Å². The van der Waals surface area contributed by atoms with Gasteiger partial charge in [0.25, 0.3) is 0 Å². The van der Waals surface area contributed by atoms with Gasteiger partial charge in [-0.25, -0.2) is 0 Å². The molecule has 3 nitrogen and oxygen atoms in total. The fourth-order valence-corrected chi connectivity index (χ4v) is 2.31. The summed E-state index contributed by atoms with van der Waals surface area (Å²) in [5.74, 6) is 0.968. The summed E-state index contributed by atoms with van der Waals surface area (Å²) < 4.78 is 0. The quantitative estimate of drug-likeness (QED) is 0.847. The van der Waals surface area contributed by atoms with Crippen molar-refractivity contribution in [2.45, 2.75) is 40.0 Å². The number of amides is 1. The predicted octanol–water partition coefficient (Wildman–Crippen LogP) is 2.30. The third kappa shape index (κ3) is 6.27. The molecule has 1 unspecified atom stereocenters. The summed E-state index contributed by atoms with van der Waals surface area (Å²) in [6.45, 7) is 9.30. The van der Waals surface area contributed by atoms with Gasteiger partial charge in [0.05, 0.1) is 0 Å². The van der Waals surface area contributed by atoms with E-state index in [2.05, 4.69) is 31.0 Å². The fraction of sp³-hybridized carbons (Fsp3) is 0.923. The van der Waals surface area contributed by atoms with Crippen molar-refractivity contribution in [3.05, 3.63) is 0 Å². The van der Waals surface area contributed by atoms with Crippen LogP contribution in [0.3, 0.4) is 0 Å². The molecular formula is C13H27ClN2O. The average Bonchev–Trinajstić information content (AvgIpc) is 2.16. The molecule has 0 bridgehead atoms. The highest BCUT2D eigenvalue weighted by Crippen LogP contribution is 2.23. The van der Waals surface area contributed by atoms with E-state index in [4.69, 9.17) is 0 Å².